The number of aromatic nitrogens is 1. The van der Waals surface area contributed by atoms with Gasteiger partial charge in [0.15, 0.2) is 0 Å². The fourth-order valence-electron chi connectivity index (χ4n) is 4.11. The highest BCUT2D eigenvalue weighted by atomic mass is 16.5. The molecule has 0 saturated carbocycles. The topological polar surface area (TPSA) is 62.4 Å². The molecule has 0 radical (unpaired) electrons. The molecule has 0 unspecified atom stereocenters. The number of H-pyrrole nitrogens is 1. The summed E-state index contributed by atoms with van der Waals surface area (Å²) < 4.78 is 4.95. The normalized spacial score (nSPS) is 26.9. The molecular weight excluding hydrogens is 280 g/mol. The summed E-state index contributed by atoms with van der Waals surface area (Å²) >= 11 is 0. The predicted molar refractivity (Wildman–Crippen MR) is 81.2 cm³/mol. The summed E-state index contributed by atoms with van der Waals surface area (Å²) in [6.07, 6.45) is 1.70. The van der Waals surface area contributed by atoms with Crippen molar-refractivity contribution in [3.63, 3.8) is 0 Å². The standard InChI is InChI=1S/C17H18N2O3/c1-17-8-7-14(20)19(17)13(16(21)22-2)9-11-10-5-3-4-6-12(10)18-15(11)17/h3-6,13,18H,7-9H2,1-2H3/t13-,17+/m1/s1. The zero-order valence-electron chi connectivity index (χ0n) is 12.7. The van der Waals surface area contributed by atoms with Crippen LogP contribution in [0.5, 0.6) is 0 Å². The summed E-state index contributed by atoms with van der Waals surface area (Å²) in [6, 6.07) is 7.55. The lowest BCUT2D eigenvalue weighted by Crippen LogP contribution is -2.55. The number of hydrogen-bond donors (Lipinski definition) is 1. The molecule has 0 bridgehead atoms. The van der Waals surface area contributed by atoms with Gasteiger partial charge in [0.05, 0.1) is 12.6 Å². The van der Waals surface area contributed by atoms with E-state index in [0.717, 1.165) is 28.6 Å². The van der Waals surface area contributed by atoms with Gasteiger partial charge in [-0.15, -0.1) is 0 Å². The molecule has 2 aromatic rings. The van der Waals surface area contributed by atoms with Crippen molar-refractivity contribution < 1.29 is 14.3 Å². The zero-order chi connectivity index (χ0) is 15.5. The van der Waals surface area contributed by atoms with Gasteiger partial charge in [-0.3, -0.25) is 4.79 Å². The molecule has 1 aromatic carbocycles. The van der Waals surface area contributed by atoms with E-state index >= 15 is 0 Å². The van der Waals surface area contributed by atoms with E-state index in [-0.39, 0.29) is 11.9 Å². The van der Waals surface area contributed by atoms with Crippen LogP contribution in [0.25, 0.3) is 10.9 Å². The van der Waals surface area contributed by atoms with Crippen LogP contribution in [0.1, 0.15) is 31.0 Å². The molecule has 2 aliphatic rings. The average molecular weight is 298 g/mol. The first-order valence-electron chi connectivity index (χ1n) is 7.56. The molecule has 0 aliphatic carbocycles. The quantitative estimate of drug-likeness (QED) is 0.820. The van der Waals surface area contributed by atoms with E-state index in [2.05, 4.69) is 11.1 Å². The third-order valence-electron chi connectivity index (χ3n) is 5.16. The number of aromatic amines is 1. The number of nitrogens with zero attached hydrogens (tertiary/aromatic N) is 1. The highest BCUT2D eigenvalue weighted by molar-refractivity contribution is 5.92. The number of methoxy groups -OCH3 is 1. The number of para-hydroxylation sites is 1. The second kappa shape index (κ2) is 4.35. The molecule has 2 atom stereocenters. The van der Waals surface area contributed by atoms with Gasteiger partial charge in [0, 0.05) is 29.4 Å². The second-order valence-corrected chi connectivity index (χ2v) is 6.30. The molecular formula is C17H18N2O3. The van der Waals surface area contributed by atoms with Crippen molar-refractivity contribution in [1.82, 2.24) is 9.88 Å². The second-order valence-electron chi connectivity index (χ2n) is 6.30. The van der Waals surface area contributed by atoms with Crippen molar-refractivity contribution in [3.8, 4) is 0 Å². The summed E-state index contributed by atoms with van der Waals surface area (Å²) in [5.74, 6) is -0.306. The van der Waals surface area contributed by atoms with Gasteiger partial charge < -0.3 is 14.6 Å². The molecule has 0 spiro atoms. The summed E-state index contributed by atoms with van der Waals surface area (Å²) in [5, 5.41) is 1.13. The SMILES string of the molecule is COC(=O)[C@H]1Cc2c([nH]c3ccccc23)[C@]2(C)CCC(=O)N12. The number of rotatable bonds is 1. The molecule has 114 valence electrons. The Balaban J connectivity index is 1.97. The lowest BCUT2D eigenvalue weighted by molar-refractivity contribution is -0.156. The van der Waals surface area contributed by atoms with Crippen LogP contribution in [0.3, 0.4) is 0 Å². The minimum atomic E-state index is -0.531. The molecule has 22 heavy (non-hydrogen) atoms. The zero-order valence-corrected chi connectivity index (χ0v) is 12.7. The third kappa shape index (κ3) is 1.54. The van der Waals surface area contributed by atoms with Gasteiger partial charge in [-0.25, -0.2) is 4.79 Å². The van der Waals surface area contributed by atoms with Crippen molar-refractivity contribution >= 4 is 22.8 Å². The van der Waals surface area contributed by atoms with Gasteiger partial charge in [0.1, 0.15) is 6.04 Å². The molecule has 5 heteroatoms. The van der Waals surface area contributed by atoms with Crippen molar-refractivity contribution in [2.24, 2.45) is 0 Å². The van der Waals surface area contributed by atoms with Gasteiger partial charge in [-0.2, -0.15) is 0 Å². The van der Waals surface area contributed by atoms with Crippen LogP contribution in [0.2, 0.25) is 0 Å². The van der Waals surface area contributed by atoms with Crippen molar-refractivity contribution in [1.29, 1.82) is 0 Å². The van der Waals surface area contributed by atoms with Crippen LogP contribution < -0.4 is 0 Å². The van der Waals surface area contributed by atoms with E-state index in [0.29, 0.717) is 12.8 Å². The number of fused-ring (bicyclic) bond motifs is 5. The Labute approximate surface area is 128 Å². The third-order valence-corrected chi connectivity index (χ3v) is 5.16. The number of amides is 1. The maximum Gasteiger partial charge on any atom is 0.328 e. The van der Waals surface area contributed by atoms with Crippen LogP contribution >= 0.6 is 0 Å². The van der Waals surface area contributed by atoms with Crippen LogP contribution in [0.4, 0.5) is 0 Å². The Bertz CT molecular complexity index is 794. The number of carbonyl (C=O) groups excluding carboxylic acids is 2. The Morgan fingerprint density at radius 2 is 2.18 bits per heavy atom. The van der Waals surface area contributed by atoms with Crippen molar-refractivity contribution in [2.45, 2.75) is 37.8 Å². The number of ether oxygens (including phenoxy) is 1. The first-order valence-corrected chi connectivity index (χ1v) is 7.56. The minimum Gasteiger partial charge on any atom is -0.467 e. The Morgan fingerprint density at radius 3 is 2.95 bits per heavy atom. The summed E-state index contributed by atoms with van der Waals surface area (Å²) in [4.78, 5) is 29.8. The van der Waals surface area contributed by atoms with Crippen LogP contribution in [-0.4, -0.2) is 34.9 Å². The lowest BCUT2D eigenvalue weighted by Gasteiger charge is -2.43. The maximum atomic E-state index is 12.4. The van der Waals surface area contributed by atoms with Gasteiger partial charge in [0.25, 0.3) is 0 Å². The Hall–Kier alpha value is -2.30. The first kappa shape index (κ1) is 13.4. The van der Waals surface area contributed by atoms with Gasteiger partial charge >= 0.3 is 5.97 Å². The Morgan fingerprint density at radius 1 is 1.41 bits per heavy atom. The van der Waals surface area contributed by atoms with Crippen LogP contribution in [0.15, 0.2) is 24.3 Å². The number of nitrogens with one attached hydrogen (secondary N) is 1. The van der Waals surface area contributed by atoms with Crippen LogP contribution in [-0.2, 0) is 26.3 Å². The summed E-state index contributed by atoms with van der Waals surface area (Å²) in [6.45, 7) is 2.04. The predicted octanol–water partition coefficient (Wildman–Crippen LogP) is 2.10. The molecule has 1 fully saturated rings. The van der Waals surface area contributed by atoms with E-state index in [1.165, 1.54) is 7.11 Å². The molecule has 1 N–H and O–H groups in total. The largest absolute Gasteiger partial charge is 0.467 e. The van der Waals surface area contributed by atoms with E-state index in [1.807, 2.05) is 25.1 Å². The number of hydrogen-bond acceptors (Lipinski definition) is 3. The van der Waals surface area contributed by atoms with E-state index < -0.39 is 11.6 Å². The molecule has 1 aromatic heterocycles. The first-order chi connectivity index (χ1) is 10.6. The Kier molecular flexibility index (Phi) is 2.64. The van der Waals surface area contributed by atoms with E-state index in [9.17, 15) is 9.59 Å². The van der Waals surface area contributed by atoms with Gasteiger partial charge in [0.2, 0.25) is 5.91 Å². The fourth-order valence-corrected chi connectivity index (χ4v) is 4.11. The number of carbonyl (C=O) groups is 2. The van der Waals surface area contributed by atoms with Gasteiger partial charge in [-0.05, 0) is 25.0 Å². The fraction of sp³-hybridized carbons (Fsp3) is 0.412. The summed E-state index contributed by atoms with van der Waals surface area (Å²) in [7, 11) is 1.38. The number of esters is 1. The lowest BCUT2D eigenvalue weighted by atomic mass is 9.83. The number of benzene rings is 1. The summed E-state index contributed by atoms with van der Waals surface area (Å²) in [5.41, 5.74) is 2.81. The molecule has 1 saturated heterocycles. The molecule has 5 nitrogen and oxygen atoms in total. The maximum absolute atomic E-state index is 12.4. The molecule has 4 rings (SSSR count). The van der Waals surface area contributed by atoms with Crippen molar-refractivity contribution in [3.05, 3.63) is 35.5 Å². The van der Waals surface area contributed by atoms with Crippen LogP contribution in [0, 0.1) is 0 Å². The van der Waals surface area contributed by atoms with E-state index in [1.54, 1.807) is 4.90 Å². The highest BCUT2D eigenvalue weighted by Crippen LogP contribution is 2.47. The molecule has 3 heterocycles. The van der Waals surface area contributed by atoms with Crippen molar-refractivity contribution in [2.75, 3.05) is 7.11 Å². The average Bonchev–Trinajstić information content (AvgIpc) is 3.05. The monoisotopic (exact) mass is 298 g/mol. The van der Waals surface area contributed by atoms with E-state index in [4.69, 9.17) is 4.74 Å². The highest BCUT2D eigenvalue weighted by Gasteiger charge is 2.53. The molecule has 2 aliphatic heterocycles. The van der Waals surface area contributed by atoms with Gasteiger partial charge in [-0.1, -0.05) is 18.2 Å². The smallest absolute Gasteiger partial charge is 0.328 e. The minimum absolute atomic E-state index is 0.0298. The molecule has 1 amide bonds.